The van der Waals surface area contributed by atoms with Crippen molar-refractivity contribution in [1.82, 2.24) is 15.3 Å². The van der Waals surface area contributed by atoms with E-state index in [1.54, 1.807) is 6.33 Å². The number of amides is 2. The second kappa shape index (κ2) is 4.01. The topological polar surface area (TPSA) is 75.2 Å². The van der Waals surface area contributed by atoms with E-state index in [0.29, 0.717) is 13.0 Å². The van der Waals surface area contributed by atoms with E-state index >= 15 is 0 Å². The number of aromatic nitrogens is 2. The van der Waals surface area contributed by atoms with Crippen LogP contribution in [0, 0.1) is 5.41 Å². The zero-order chi connectivity index (χ0) is 13.7. The molecule has 2 amide bonds. The molecule has 104 valence electrons. The summed E-state index contributed by atoms with van der Waals surface area (Å²) in [7, 11) is 0. The smallest absolute Gasteiger partial charge is 0.235 e. The average Bonchev–Trinajstić information content (AvgIpc) is 3.10. The highest BCUT2D eigenvalue weighted by molar-refractivity contribution is 6.06. The summed E-state index contributed by atoms with van der Waals surface area (Å²) >= 11 is 0. The van der Waals surface area contributed by atoms with Crippen molar-refractivity contribution in [2.75, 3.05) is 18.0 Å². The number of rotatable bonds is 1. The molecule has 2 fully saturated rings. The summed E-state index contributed by atoms with van der Waals surface area (Å²) in [5.74, 6) is 0.706. The van der Waals surface area contributed by atoms with Crippen molar-refractivity contribution >= 4 is 17.6 Å². The number of imide groups is 1. The minimum atomic E-state index is -0.534. The Morgan fingerprint density at radius 3 is 2.95 bits per heavy atom. The third-order valence-electron chi connectivity index (χ3n) is 4.74. The number of carbonyl (C=O) groups excluding carboxylic acids is 2. The van der Waals surface area contributed by atoms with Crippen LogP contribution in [-0.2, 0) is 22.4 Å². The van der Waals surface area contributed by atoms with E-state index in [9.17, 15) is 9.59 Å². The fourth-order valence-corrected chi connectivity index (χ4v) is 3.69. The highest BCUT2D eigenvalue weighted by Crippen LogP contribution is 2.40. The van der Waals surface area contributed by atoms with Gasteiger partial charge in [-0.05, 0) is 25.7 Å². The minimum Gasteiger partial charge on any atom is -0.355 e. The summed E-state index contributed by atoms with van der Waals surface area (Å²) in [6.45, 7) is 1.37. The Labute approximate surface area is 116 Å². The van der Waals surface area contributed by atoms with Crippen molar-refractivity contribution in [3.05, 3.63) is 17.6 Å². The van der Waals surface area contributed by atoms with Crippen molar-refractivity contribution in [3.63, 3.8) is 0 Å². The molecule has 0 saturated carbocycles. The normalized spacial score (nSPS) is 28.3. The molecule has 3 aliphatic rings. The van der Waals surface area contributed by atoms with Crippen molar-refractivity contribution in [1.29, 1.82) is 0 Å². The van der Waals surface area contributed by atoms with E-state index in [-0.39, 0.29) is 11.8 Å². The van der Waals surface area contributed by atoms with Crippen molar-refractivity contribution in [3.8, 4) is 0 Å². The summed E-state index contributed by atoms with van der Waals surface area (Å²) in [5, 5.41) is 2.44. The molecule has 0 unspecified atom stereocenters. The number of nitrogens with one attached hydrogen (secondary N) is 1. The number of hydrogen-bond donors (Lipinski definition) is 1. The molecule has 1 aromatic rings. The predicted octanol–water partition coefficient (Wildman–Crippen LogP) is 0.208. The first kappa shape index (κ1) is 11.8. The van der Waals surface area contributed by atoms with Gasteiger partial charge in [0.2, 0.25) is 11.8 Å². The lowest BCUT2D eigenvalue weighted by molar-refractivity contribution is -0.127. The number of aryl methyl sites for hydroxylation is 1. The maximum absolute atomic E-state index is 12.0. The van der Waals surface area contributed by atoms with Gasteiger partial charge in [0.15, 0.2) is 0 Å². The number of fused-ring (bicyclic) bond motifs is 1. The van der Waals surface area contributed by atoms with Gasteiger partial charge in [-0.3, -0.25) is 14.9 Å². The third-order valence-corrected chi connectivity index (χ3v) is 4.74. The second-order valence-electron chi connectivity index (χ2n) is 5.98. The first-order chi connectivity index (χ1) is 9.68. The molecule has 1 atom stereocenters. The minimum absolute atomic E-state index is 0.115. The summed E-state index contributed by atoms with van der Waals surface area (Å²) in [4.78, 5) is 34.4. The second-order valence-corrected chi connectivity index (χ2v) is 5.98. The van der Waals surface area contributed by atoms with Crippen LogP contribution in [-0.4, -0.2) is 34.9 Å². The lowest BCUT2D eigenvalue weighted by atomic mass is 9.85. The zero-order valence-electron chi connectivity index (χ0n) is 11.2. The molecule has 3 heterocycles. The van der Waals surface area contributed by atoms with Gasteiger partial charge in [-0.2, -0.15) is 0 Å². The van der Waals surface area contributed by atoms with Crippen molar-refractivity contribution < 1.29 is 9.59 Å². The molecular formula is C14H16N4O2. The van der Waals surface area contributed by atoms with E-state index in [4.69, 9.17) is 0 Å². The van der Waals surface area contributed by atoms with Crippen LogP contribution in [0.1, 0.15) is 30.5 Å². The van der Waals surface area contributed by atoms with Gasteiger partial charge in [-0.1, -0.05) is 0 Å². The zero-order valence-corrected chi connectivity index (χ0v) is 11.2. The van der Waals surface area contributed by atoms with E-state index < -0.39 is 5.41 Å². The molecule has 1 aromatic heterocycles. The van der Waals surface area contributed by atoms with E-state index in [1.165, 1.54) is 5.56 Å². The molecule has 6 nitrogen and oxygen atoms in total. The molecule has 6 heteroatoms. The Hall–Kier alpha value is -1.98. The molecule has 2 aliphatic heterocycles. The highest BCUT2D eigenvalue weighted by atomic mass is 16.2. The highest BCUT2D eigenvalue weighted by Gasteiger charge is 2.51. The lowest BCUT2D eigenvalue weighted by Crippen LogP contribution is -2.35. The van der Waals surface area contributed by atoms with E-state index in [2.05, 4.69) is 20.2 Å². The molecule has 1 aliphatic carbocycles. The van der Waals surface area contributed by atoms with Crippen LogP contribution in [0.4, 0.5) is 5.82 Å². The number of hydrogen-bond acceptors (Lipinski definition) is 5. The van der Waals surface area contributed by atoms with Crippen LogP contribution < -0.4 is 10.2 Å². The monoisotopic (exact) mass is 272 g/mol. The number of anilines is 1. The summed E-state index contributed by atoms with van der Waals surface area (Å²) in [6.07, 6.45) is 5.81. The average molecular weight is 272 g/mol. The quantitative estimate of drug-likeness (QED) is 0.740. The van der Waals surface area contributed by atoms with E-state index in [0.717, 1.165) is 43.7 Å². The van der Waals surface area contributed by atoms with Gasteiger partial charge in [-0.15, -0.1) is 0 Å². The third kappa shape index (κ3) is 1.57. The fourth-order valence-electron chi connectivity index (χ4n) is 3.69. The lowest BCUT2D eigenvalue weighted by Gasteiger charge is -2.22. The van der Waals surface area contributed by atoms with E-state index in [1.807, 2.05) is 0 Å². The molecule has 0 aromatic carbocycles. The Morgan fingerprint density at radius 1 is 1.25 bits per heavy atom. The van der Waals surface area contributed by atoms with Crippen LogP contribution in [0.5, 0.6) is 0 Å². The Bertz CT molecular complexity index is 615. The first-order valence-electron chi connectivity index (χ1n) is 7.10. The van der Waals surface area contributed by atoms with Crippen LogP contribution in [0.25, 0.3) is 0 Å². The predicted molar refractivity (Wildman–Crippen MR) is 71.1 cm³/mol. The standard InChI is InChI=1S/C14H16N4O2/c19-11-6-14(13(20)17-11)4-5-18(7-14)12-9-2-1-3-10(9)15-8-16-12/h8H,1-7H2,(H,17,19,20)/t14-/m0/s1. The number of carbonyl (C=O) groups is 2. The fraction of sp³-hybridized carbons (Fsp3) is 0.571. The van der Waals surface area contributed by atoms with Gasteiger partial charge in [0.1, 0.15) is 12.1 Å². The van der Waals surface area contributed by atoms with Crippen LogP contribution in [0.15, 0.2) is 6.33 Å². The van der Waals surface area contributed by atoms with Gasteiger partial charge in [-0.25, -0.2) is 9.97 Å². The molecule has 4 rings (SSSR count). The van der Waals surface area contributed by atoms with Crippen molar-refractivity contribution in [2.24, 2.45) is 5.41 Å². The van der Waals surface area contributed by atoms with Crippen LogP contribution in [0.2, 0.25) is 0 Å². The summed E-state index contributed by atoms with van der Waals surface area (Å²) in [6, 6.07) is 0. The van der Waals surface area contributed by atoms with Gasteiger partial charge in [0.05, 0.1) is 5.41 Å². The largest absolute Gasteiger partial charge is 0.355 e. The summed E-state index contributed by atoms with van der Waals surface area (Å²) < 4.78 is 0. The van der Waals surface area contributed by atoms with Gasteiger partial charge < -0.3 is 4.90 Å². The van der Waals surface area contributed by atoms with Crippen LogP contribution >= 0.6 is 0 Å². The molecular weight excluding hydrogens is 256 g/mol. The van der Waals surface area contributed by atoms with Gasteiger partial charge >= 0.3 is 0 Å². The van der Waals surface area contributed by atoms with Gasteiger partial charge in [0.25, 0.3) is 0 Å². The molecule has 0 radical (unpaired) electrons. The Morgan fingerprint density at radius 2 is 2.15 bits per heavy atom. The maximum atomic E-state index is 12.0. The molecule has 2 saturated heterocycles. The first-order valence-corrected chi connectivity index (χ1v) is 7.10. The van der Waals surface area contributed by atoms with Gasteiger partial charge in [0, 0.05) is 30.8 Å². The maximum Gasteiger partial charge on any atom is 0.235 e. The van der Waals surface area contributed by atoms with Crippen LogP contribution in [0.3, 0.4) is 0 Å². The summed E-state index contributed by atoms with van der Waals surface area (Å²) in [5.41, 5.74) is 1.84. The Kier molecular flexibility index (Phi) is 2.37. The van der Waals surface area contributed by atoms with Crippen molar-refractivity contribution in [2.45, 2.75) is 32.1 Å². The number of nitrogens with zero attached hydrogens (tertiary/aromatic N) is 3. The Balaban J connectivity index is 1.65. The molecule has 1 spiro atoms. The SMILES string of the molecule is O=C1C[C@]2(CCN(c3ncnc4c3CCC4)C2)C(=O)N1. The molecule has 1 N–H and O–H groups in total. The molecule has 0 bridgehead atoms. The molecule has 20 heavy (non-hydrogen) atoms.